The van der Waals surface area contributed by atoms with Crippen molar-refractivity contribution in [2.75, 3.05) is 19.8 Å². The number of hydrogen-bond donors (Lipinski definition) is 2. The molecule has 3 fully saturated rings. The molecule has 3 aliphatic rings. The van der Waals surface area contributed by atoms with Crippen LogP contribution in [0.3, 0.4) is 0 Å². The molecular weight excluding hydrogens is 193 g/mol. The maximum Gasteiger partial charge on any atom is 0.352 e. The molecule has 3 saturated heterocycles. The lowest BCUT2D eigenvalue weighted by Gasteiger charge is -2.51. The van der Waals surface area contributed by atoms with Gasteiger partial charge in [0.05, 0.1) is 30.8 Å². The van der Waals surface area contributed by atoms with Gasteiger partial charge in [0.25, 0.3) is 0 Å². The molecule has 3 rings (SSSR count). The molecule has 2 bridgehead atoms. The minimum atomic E-state index is -2.75. The van der Waals surface area contributed by atoms with Crippen molar-refractivity contribution in [3.8, 4) is 0 Å². The summed E-state index contributed by atoms with van der Waals surface area (Å²) in [5.41, 5.74) is -1.41. The minimum Gasteiger partial charge on any atom is -0.390 e. The molecule has 0 atom stereocenters. The quantitative estimate of drug-likeness (QED) is 0.636. The zero-order valence-electron chi connectivity index (χ0n) is 7.74. The van der Waals surface area contributed by atoms with Crippen LogP contribution < -0.4 is 0 Å². The molecule has 0 saturated carbocycles. The van der Waals surface area contributed by atoms with E-state index in [1.54, 1.807) is 13.8 Å². The van der Waals surface area contributed by atoms with Gasteiger partial charge >= 0.3 is 7.74 Å². The van der Waals surface area contributed by atoms with Crippen LogP contribution in [0, 0.1) is 10.6 Å². The zero-order valence-corrected chi connectivity index (χ0v) is 8.63. The molecule has 0 amide bonds. The van der Waals surface area contributed by atoms with Gasteiger partial charge in [0.2, 0.25) is 0 Å². The molecule has 13 heavy (non-hydrogen) atoms. The van der Waals surface area contributed by atoms with Crippen molar-refractivity contribution in [1.29, 1.82) is 5.16 Å². The maximum absolute atomic E-state index is 9.91. The molecule has 0 unspecified atom stereocenters. The van der Waals surface area contributed by atoms with E-state index < -0.39 is 18.8 Å². The van der Waals surface area contributed by atoms with Crippen LogP contribution >= 0.6 is 7.74 Å². The van der Waals surface area contributed by atoms with Gasteiger partial charge in [-0.3, -0.25) is 0 Å². The van der Waals surface area contributed by atoms with Gasteiger partial charge in [0.15, 0.2) is 0 Å². The second-order valence-electron chi connectivity index (χ2n) is 4.16. The Morgan fingerprint density at radius 2 is 1.62 bits per heavy atom. The van der Waals surface area contributed by atoms with Crippen LogP contribution in [0.25, 0.3) is 0 Å². The number of aliphatic hydroxyl groups is 1. The van der Waals surface area contributed by atoms with Gasteiger partial charge < -0.3 is 18.7 Å². The number of hydrogen-bond acceptors (Lipinski definition) is 5. The highest BCUT2D eigenvalue weighted by atomic mass is 31.2. The van der Waals surface area contributed by atoms with Gasteiger partial charge in [-0.1, -0.05) is 0 Å². The molecule has 76 valence electrons. The second kappa shape index (κ2) is 2.55. The van der Waals surface area contributed by atoms with Crippen molar-refractivity contribution in [3.63, 3.8) is 0 Å². The Morgan fingerprint density at radius 3 is 1.92 bits per heavy atom. The standard InChI is InChI=1S/C7H14NO4P/c1-6(2,9)7-3-10-13(8,11-4-7)12-5-7/h8-9H,3-5H2,1-2H3. The fraction of sp³-hybridized carbons (Fsp3) is 1.00. The molecule has 0 aliphatic carbocycles. The molecule has 3 aliphatic heterocycles. The van der Waals surface area contributed by atoms with E-state index in [2.05, 4.69) is 0 Å². The van der Waals surface area contributed by atoms with Crippen molar-refractivity contribution >= 4 is 7.74 Å². The SMILES string of the molecule is CC(C)(O)C12COP(=N)(OC1)OC2. The lowest BCUT2D eigenvalue weighted by Crippen LogP contribution is -2.57. The first-order chi connectivity index (χ1) is 5.87. The highest BCUT2D eigenvalue weighted by Gasteiger charge is 2.55. The van der Waals surface area contributed by atoms with E-state index in [4.69, 9.17) is 18.7 Å². The Morgan fingerprint density at radius 1 is 1.23 bits per heavy atom. The highest BCUT2D eigenvalue weighted by Crippen LogP contribution is 2.62. The zero-order chi connectivity index (χ0) is 9.74. The number of rotatable bonds is 1. The van der Waals surface area contributed by atoms with Crippen LogP contribution in [-0.4, -0.2) is 30.5 Å². The molecule has 2 N–H and O–H groups in total. The van der Waals surface area contributed by atoms with E-state index in [9.17, 15) is 5.11 Å². The summed E-state index contributed by atoms with van der Waals surface area (Å²) in [7, 11) is -2.75. The number of fused-ring (bicyclic) bond motifs is 3. The van der Waals surface area contributed by atoms with E-state index in [0.717, 1.165) is 0 Å². The minimum absolute atomic E-state index is 0.355. The van der Waals surface area contributed by atoms with Gasteiger partial charge in [-0.2, -0.15) is 0 Å². The fourth-order valence-corrected chi connectivity index (χ4v) is 2.87. The average molecular weight is 207 g/mol. The molecule has 0 spiro atoms. The first-order valence-electron chi connectivity index (χ1n) is 4.17. The summed E-state index contributed by atoms with van der Waals surface area (Å²) in [5.74, 6) is 0. The van der Waals surface area contributed by atoms with Crippen LogP contribution in [0.2, 0.25) is 0 Å². The molecule has 0 aromatic carbocycles. The van der Waals surface area contributed by atoms with Crippen LogP contribution in [0.4, 0.5) is 0 Å². The second-order valence-corrected chi connectivity index (χ2v) is 5.93. The van der Waals surface area contributed by atoms with E-state index >= 15 is 0 Å². The van der Waals surface area contributed by atoms with Crippen LogP contribution in [0.1, 0.15) is 13.8 Å². The third-order valence-electron chi connectivity index (χ3n) is 2.83. The van der Waals surface area contributed by atoms with Crippen molar-refractivity contribution in [2.24, 2.45) is 5.41 Å². The monoisotopic (exact) mass is 207 g/mol. The normalized spacial score (nSPS) is 45.2. The van der Waals surface area contributed by atoms with E-state index in [0.29, 0.717) is 19.8 Å². The summed E-state index contributed by atoms with van der Waals surface area (Å²) in [5, 5.41) is 17.5. The Labute approximate surface area is 77.1 Å². The molecule has 6 heteroatoms. The first-order valence-corrected chi connectivity index (χ1v) is 5.71. The molecule has 0 aromatic heterocycles. The first kappa shape index (κ1) is 9.62. The Hall–Kier alpha value is 0.0700. The van der Waals surface area contributed by atoms with E-state index in [1.807, 2.05) is 0 Å². The summed E-state index contributed by atoms with van der Waals surface area (Å²) in [6, 6.07) is 0. The van der Waals surface area contributed by atoms with Crippen LogP contribution in [0.15, 0.2) is 0 Å². The Balaban J connectivity index is 2.25. The topological polar surface area (TPSA) is 71.8 Å². The lowest BCUT2D eigenvalue weighted by molar-refractivity contribution is -0.175. The largest absolute Gasteiger partial charge is 0.390 e. The third kappa shape index (κ3) is 1.35. The van der Waals surface area contributed by atoms with E-state index in [1.165, 1.54) is 0 Å². The van der Waals surface area contributed by atoms with Crippen molar-refractivity contribution in [3.05, 3.63) is 0 Å². The van der Waals surface area contributed by atoms with Gasteiger partial charge in [0, 0.05) is 0 Å². The van der Waals surface area contributed by atoms with Gasteiger partial charge in [-0.25, -0.2) is 5.16 Å². The van der Waals surface area contributed by atoms with Crippen molar-refractivity contribution in [2.45, 2.75) is 19.4 Å². The lowest BCUT2D eigenvalue weighted by atomic mass is 9.75. The fourth-order valence-electron chi connectivity index (χ4n) is 1.39. The predicted octanol–water partition coefficient (Wildman–Crippen LogP) is 1.35. The number of nitrogens with one attached hydrogen (secondary N) is 1. The predicted molar refractivity (Wildman–Crippen MR) is 46.2 cm³/mol. The van der Waals surface area contributed by atoms with Crippen molar-refractivity contribution in [1.82, 2.24) is 0 Å². The Kier molecular flexibility index (Phi) is 1.89. The summed E-state index contributed by atoms with van der Waals surface area (Å²) in [4.78, 5) is 0. The average Bonchev–Trinajstić information content (AvgIpc) is 2.04. The molecule has 3 heterocycles. The highest BCUT2D eigenvalue weighted by molar-refractivity contribution is 7.49. The van der Waals surface area contributed by atoms with Crippen LogP contribution in [-0.2, 0) is 13.6 Å². The maximum atomic E-state index is 9.91. The molecule has 5 nitrogen and oxygen atoms in total. The molecular formula is C7H14NO4P. The summed E-state index contributed by atoms with van der Waals surface area (Å²) < 4.78 is 15.5. The smallest absolute Gasteiger partial charge is 0.352 e. The summed E-state index contributed by atoms with van der Waals surface area (Å²) >= 11 is 0. The summed E-state index contributed by atoms with van der Waals surface area (Å²) in [6.45, 7) is 4.49. The molecule has 0 radical (unpaired) electrons. The third-order valence-corrected chi connectivity index (χ3v) is 4.24. The van der Waals surface area contributed by atoms with Gasteiger partial charge in [-0.05, 0) is 13.8 Å². The molecule has 0 aromatic rings. The summed E-state index contributed by atoms with van der Waals surface area (Å²) in [6.07, 6.45) is 0. The van der Waals surface area contributed by atoms with Crippen LogP contribution in [0.5, 0.6) is 0 Å². The Bertz CT molecular complexity index is 241. The van der Waals surface area contributed by atoms with E-state index in [-0.39, 0.29) is 0 Å². The van der Waals surface area contributed by atoms with Crippen molar-refractivity contribution < 1.29 is 18.7 Å². The van der Waals surface area contributed by atoms with Gasteiger partial charge in [-0.15, -0.1) is 0 Å². The van der Waals surface area contributed by atoms with Gasteiger partial charge in [0.1, 0.15) is 0 Å².